The summed E-state index contributed by atoms with van der Waals surface area (Å²) in [5, 5.41) is 3.08. The highest BCUT2D eigenvalue weighted by molar-refractivity contribution is 7.09. The van der Waals surface area contributed by atoms with Crippen molar-refractivity contribution in [3.63, 3.8) is 0 Å². The molecule has 0 saturated carbocycles. The molecule has 3 rings (SSSR count). The number of thiazole rings is 1. The van der Waals surface area contributed by atoms with Crippen molar-refractivity contribution in [2.75, 3.05) is 6.61 Å². The molecule has 4 nitrogen and oxygen atoms in total. The lowest BCUT2D eigenvalue weighted by Crippen LogP contribution is -2.29. The van der Waals surface area contributed by atoms with Gasteiger partial charge in [0.25, 0.3) is 0 Å². The van der Waals surface area contributed by atoms with Crippen molar-refractivity contribution in [2.45, 2.75) is 19.4 Å². The summed E-state index contributed by atoms with van der Waals surface area (Å²) < 4.78 is 5.72. The Balaban J connectivity index is 2.05. The minimum absolute atomic E-state index is 0.108. The summed E-state index contributed by atoms with van der Waals surface area (Å²) in [6, 6.07) is 6.09. The average molecular weight is 261 g/mol. The first-order chi connectivity index (χ1) is 8.79. The van der Waals surface area contributed by atoms with Crippen LogP contribution in [0.3, 0.4) is 0 Å². The molecule has 1 aliphatic heterocycles. The van der Waals surface area contributed by atoms with E-state index < -0.39 is 0 Å². The fourth-order valence-electron chi connectivity index (χ4n) is 2.32. The van der Waals surface area contributed by atoms with Crippen LogP contribution in [0.4, 0.5) is 0 Å². The van der Waals surface area contributed by atoms with Gasteiger partial charge in [-0.2, -0.15) is 0 Å². The van der Waals surface area contributed by atoms with Crippen molar-refractivity contribution >= 4 is 11.3 Å². The molecule has 2 aromatic rings. The van der Waals surface area contributed by atoms with Crippen LogP contribution >= 0.6 is 11.3 Å². The van der Waals surface area contributed by atoms with Crippen LogP contribution in [-0.4, -0.2) is 11.6 Å². The predicted molar refractivity (Wildman–Crippen MR) is 71.7 cm³/mol. The topological polar surface area (TPSA) is 60.2 Å². The predicted octanol–water partition coefficient (Wildman–Crippen LogP) is 1.94. The van der Waals surface area contributed by atoms with Gasteiger partial charge in [0.2, 0.25) is 0 Å². The Hall–Kier alpha value is -1.43. The van der Waals surface area contributed by atoms with E-state index in [-0.39, 0.29) is 6.04 Å². The van der Waals surface area contributed by atoms with Gasteiger partial charge in [0, 0.05) is 17.4 Å². The van der Waals surface area contributed by atoms with Crippen molar-refractivity contribution in [2.24, 2.45) is 5.84 Å². The van der Waals surface area contributed by atoms with Gasteiger partial charge >= 0.3 is 0 Å². The van der Waals surface area contributed by atoms with Gasteiger partial charge in [-0.15, -0.1) is 11.3 Å². The summed E-state index contributed by atoms with van der Waals surface area (Å²) >= 11 is 1.63. The number of nitrogens with one attached hydrogen (secondary N) is 1. The van der Waals surface area contributed by atoms with Gasteiger partial charge in [-0.3, -0.25) is 5.84 Å². The van der Waals surface area contributed by atoms with Crippen LogP contribution < -0.4 is 16.0 Å². The second kappa shape index (κ2) is 4.68. The van der Waals surface area contributed by atoms with Crippen molar-refractivity contribution in [1.29, 1.82) is 0 Å². The third-order valence-corrected chi connectivity index (χ3v) is 3.95. The Morgan fingerprint density at radius 2 is 2.39 bits per heavy atom. The standard InChI is InChI=1S/C13H15N3OS/c1-8-15-11(7-18-8)12(16-14)10-4-2-3-9-5-6-17-13(9)10/h2-4,7,12,16H,5-6,14H2,1H3. The Labute approximate surface area is 110 Å². The normalized spacial score (nSPS) is 15.2. The number of nitrogens with two attached hydrogens (primary N) is 1. The molecule has 0 amide bonds. The number of hydrogen-bond acceptors (Lipinski definition) is 5. The Morgan fingerprint density at radius 1 is 1.50 bits per heavy atom. The van der Waals surface area contributed by atoms with E-state index >= 15 is 0 Å². The number of ether oxygens (including phenoxy) is 1. The molecule has 1 atom stereocenters. The summed E-state index contributed by atoms with van der Waals surface area (Å²) in [5.41, 5.74) is 6.11. The molecule has 0 saturated heterocycles. The molecule has 0 radical (unpaired) electrons. The molecule has 0 bridgehead atoms. The van der Waals surface area contributed by atoms with Crippen LogP contribution in [0, 0.1) is 6.92 Å². The third kappa shape index (κ3) is 1.90. The monoisotopic (exact) mass is 261 g/mol. The zero-order chi connectivity index (χ0) is 12.5. The van der Waals surface area contributed by atoms with Gasteiger partial charge in [-0.25, -0.2) is 10.4 Å². The highest BCUT2D eigenvalue weighted by atomic mass is 32.1. The van der Waals surface area contributed by atoms with E-state index in [2.05, 4.69) is 16.5 Å². The number of hydrogen-bond donors (Lipinski definition) is 2. The van der Waals surface area contributed by atoms with Crippen LogP contribution in [0.5, 0.6) is 5.75 Å². The average Bonchev–Trinajstić information content (AvgIpc) is 2.99. The van der Waals surface area contributed by atoms with Gasteiger partial charge in [0.1, 0.15) is 5.75 Å². The van der Waals surface area contributed by atoms with Crippen molar-refractivity contribution in [1.82, 2.24) is 10.4 Å². The number of aryl methyl sites for hydroxylation is 1. The second-order valence-electron chi connectivity index (χ2n) is 4.33. The Morgan fingerprint density at radius 3 is 3.11 bits per heavy atom. The van der Waals surface area contributed by atoms with Gasteiger partial charge in [-0.05, 0) is 12.5 Å². The minimum Gasteiger partial charge on any atom is -0.493 e. The number of para-hydroxylation sites is 1. The van der Waals surface area contributed by atoms with Gasteiger partial charge in [0.15, 0.2) is 0 Å². The Bertz CT molecular complexity index is 567. The SMILES string of the molecule is Cc1nc(C(NN)c2cccc3c2OCC3)cs1. The molecule has 18 heavy (non-hydrogen) atoms. The molecule has 94 valence electrons. The van der Waals surface area contributed by atoms with Crippen LogP contribution in [0.1, 0.15) is 27.9 Å². The first kappa shape index (κ1) is 11.6. The van der Waals surface area contributed by atoms with Crippen LogP contribution in [0.25, 0.3) is 0 Å². The highest BCUT2D eigenvalue weighted by Gasteiger charge is 2.23. The number of aromatic nitrogens is 1. The molecule has 0 spiro atoms. The lowest BCUT2D eigenvalue weighted by atomic mass is 10.0. The fraction of sp³-hybridized carbons (Fsp3) is 0.308. The van der Waals surface area contributed by atoms with Crippen molar-refractivity contribution in [3.8, 4) is 5.75 Å². The van der Waals surface area contributed by atoms with Crippen molar-refractivity contribution in [3.05, 3.63) is 45.4 Å². The third-order valence-electron chi connectivity index (χ3n) is 3.16. The Kier molecular flexibility index (Phi) is 3.03. The molecular weight excluding hydrogens is 246 g/mol. The number of nitrogens with zero attached hydrogens (tertiary/aromatic N) is 1. The largest absolute Gasteiger partial charge is 0.493 e. The van der Waals surface area contributed by atoms with Crippen LogP contribution in [0.2, 0.25) is 0 Å². The smallest absolute Gasteiger partial charge is 0.127 e. The fourth-order valence-corrected chi connectivity index (χ4v) is 2.95. The maximum absolute atomic E-state index is 5.72. The molecule has 0 aliphatic carbocycles. The molecule has 1 aromatic heterocycles. The van der Waals surface area contributed by atoms with Gasteiger partial charge in [0.05, 0.1) is 23.4 Å². The van der Waals surface area contributed by atoms with Crippen molar-refractivity contribution < 1.29 is 4.74 Å². The summed E-state index contributed by atoms with van der Waals surface area (Å²) in [6.45, 7) is 2.74. The quantitative estimate of drug-likeness (QED) is 0.655. The maximum Gasteiger partial charge on any atom is 0.127 e. The second-order valence-corrected chi connectivity index (χ2v) is 5.39. The molecule has 1 unspecified atom stereocenters. The zero-order valence-electron chi connectivity index (χ0n) is 10.1. The summed E-state index contributed by atoms with van der Waals surface area (Å²) in [5.74, 6) is 6.66. The van der Waals surface area contributed by atoms with Crippen LogP contribution in [0.15, 0.2) is 23.6 Å². The van der Waals surface area contributed by atoms with E-state index in [4.69, 9.17) is 10.6 Å². The molecule has 3 N–H and O–H groups in total. The lowest BCUT2D eigenvalue weighted by molar-refractivity contribution is 0.350. The summed E-state index contributed by atoms with van der Waals surface area (Å²) in [7, 11) is 0. The highest BCUT2D eigenvalue weighted by Crippen LogP contribution is 2.35. The molecule has 1 aromatic carbocycles. The molecule has 0 fully saturated rings. The number of benzene rings is 1. The zero-order valence-corrected chi connectivity index (χ0v) is 11.0. The summed E-state index contributed by atoms with van der Waals surface area (Å²) in [4.78, 5) is 4.50. The number of rotatable bonds is 3. The minimum atomic E-state index is -0.108. The molecular formula is C13H15N3OS. The summed E-state index contributed by atoms with van der Waals surface area (Å²) in [6.07, 6.45) is 0.969. The maximum atomic E-state index is 5.72. The van der Waals surface area contributed by atoms with E-state index in [0.29, 0.717) is 0 Å². The molecule has 5 heteroatoms. The van der Waals surface area contributed by atoms with E-state index in [9.17, 15) is 0 Å². The van der Waals surface area contributed by atoms with E-state index in [1.807, 2.05) is 24.4 Å². The first-order valence-electron chi connectivity index (χ1n) is 5.92. The molecule has 2 heterocycles. The number of hydrazine groups is 1. The van der Waals surface area contributed by atoms with E-state index in [0.717, 1.165) is 35.0 Å². The van der Waals surface area contributed by atoms with E-state index in [1.165, 1.54) is 5.56 Å². The molecule has 1 aliphatic rings. The first-order valence-corrected chi connectivity index (χ1v) is 6.80. The lowest BCUT2D eigenvalue weighted by Gasteiger charge is -2.17. The van der Waals surface area contributed by atoms with Gasteiger partial charge < -0.3 is 4.74 Å². The van der Waals surface area contributed by atoms with Gasteiger partial charge in [-0.1, -0.05) is 18.2 Å². The van der Waals surface area contributed by atoms with E-state index in [1.54, 1.807) is 11.3 Å². The number of fused-ring (bicyclic) bond motifs is 1. The van der Waals surface area contributed by atoms with Crippen LogP contribution in [-0.2, 0) is 6.42 Å².